The van der Waals surface area contributed by atoms with Crippen LogP contribution < -0.4 is 5.32 Å². The van der Waals surface area contributed by atoms with Crippen molar-refractivity contribution in [3.63, 3.8) is 0 Å². The Morgan fingerprint density at radius 1 is 1.02 bits per heavy atom. The van der Waals surface area contributed by atoms with E-state index < -0.39 is 27.3 Å². The molecule has 0 unspecified atom stereocenters. The van der Waals surface area contributed by atoms with E-state index in [-0.39, 0.29) is 51.5 Å². The number of amides is 1. The van der Waals surface area contributed by atoms with Crippen molar-refractivity contribution in [1.29, 1.82) is 0 Å². The summed E-state index contributed by atoms with van der Waals surface area (Å²) in [5.41, 5.74) is 1.48. The molecule has 1 amide bonds. The monoisotopic (exact) mass is 634 g/mol. The number of ether oxygens (including phenoxy) is 1. The summed E-state index contributed by atoms with van der Waals surface area (Å²) in [6, 6.07) is 15.3. The van der Waals surface area contributed by atoms with Crippen LogP contribution in [0.3, 0.4) is 0 Å². The zero-order valence-corrected chi connectivity index (χ0v) is 25.7. The van der Waals surface area contributed by atoms with E-state index in [1.807, 2.05) is 31.2 Å². The van der Waals surface area contributed by atoms with Gasteiger partial charge in [0.05, 0.1) is 38.7 Å². The molecule has 0 saturated heterocycles. The summed E-state index contributed by atoms with van der Waals surface area (Å²) >= 11 is 12.2. The molecule has 11 heteroatoms. The van der Waals surface area contributed by atoms with Crippen LogP contribution in [0.1, 0.15) is 54.1 Å². The molecule has 3 aromatic rings. The molecule has 1 aliphatic rings. The molecular weight excluding hydrogens is 602 g/mol. The highest BCUT2D eigenvalue weighted by Gasteiger charge is 2.33. The Hall–Kier alpha value is -2.98. The summed E-state index contributed by atoms with van der Waals surface area (Å²) < 4.78 is 49.6. The maximum atomic E-state index is 14.9. The van der Waals surface area contributed by atoms with Gasteiger partial charge in [0.1, 0.15) is 5.82 Å². The standard InChI is InChI=1S/C31H33Cl2FN2O5S/c1-3-41-31(38)22-13-11-21(12-14-22)18-36(19-23-8-5-4-7-20(23)2)42(39,40)24-15-16-27(34)25(17-24)30(37)35-28-10-6-9-26(32)29(28)33/h4-10,15-17,21-22H,3,11-14,18-19H2,1-2H3,(H,35,37). The number of rotatable bonds is 10. The minimum Gasteiger partial charge on any atom is -0.466 e. The average molecular weight is 636 g/mol. The Morgan fingerprint density at radius 3 is 2.43 bits per heavy atom. The number of nitrogens with one attached hydrogen (secondary N) is 1. The van der Waals surface area contributed by atoms with Crippen molar-refractivity contribution >= 4 is 50.8 Å². The van der Waals surface area contributed by atoms with Gasteiger partial charge in [-0.05, 0) is 86.9 Å². The minimum absolute atomic E-state index is 0.0164. The Labute approximate surface area is 256 Å². The van der Waals surface area contributed by atoms with Gasteiger partial charge in [-0.3, -0.25) is 9.59 Å². The van der Waals surface area contributed by atoms with Crippen LogP contribution >= 0.6 is 23.2 Å². The van der Waals surface area contributed by atoms with Crippen molar-refractivity contribution in [2.45, 2.75) is 51.0 Å². The van der Waals surface area contributed by atoms with E-state index in [2.05, 4.69) is 5.32 Å². The van der Waals surface area contributed by atoms with Crippen molar-refractivity contribution in [2.75, 3.05) is 18.5 Å². The highest BCUT2D eigenvalue weighted by Crippen LogP contribution is 2.33. The lowest BCUT2D eigenvalue weighted by Crippen LogP contribution is -2.37. The first-order valence-electron chi connectivity index (χ1n) is 13.8. The Kier molecular flexibility index (Phi) is 10.6. The Balaban J connectivity index is 1.61. The predicted molar refractivity (Wildman–Crippen MR) is 162 cm³/mol. The third-order valence-electron chi connectivity index (χ3n) is 7.56. The first-order chi connectivity index (χ1) is 20.0. The van der Waals surface area contributed by atoms with Crippen molar-refractivity contribution in [2.24, 2.45) is 11.8 Å². The molecule has 0 aromatic heterocycles. The van der Waals surface area contributed by atoms with Crippen molar-refractivity contribution in [1.82, 2.24) is 4.31 Å². The number of hydrogen-bond acceptors (Lipinski definition) is 5. The zero-order chi connectivity index (χ0) is 30.4. The average Bonchev–Trinajstić information content (AvgIpc) is 2.96. The molecule has 1 aliphatic carbocycles. The smallest absolute Gasteiger partial charge is 0.308 e. The minimum atomic E-state index is -4.17. The third kappa shape index (κ3) is 7.50. The number of hydrogen-bond donors (Lipinski definition) is 1. The molecule has 0 aliphatic heterocycles. The van der Waals surface area contributed by atoms with Crippen LogP contribution in [0.4, 0.5) is 10.1 Å². The summed E-state index contributed by atoms with van der Waals surface area (Å²) in [4.78, 5) is 25.0. The fraction of sp³-hybridized carbons (Fsp3) is 0.355. The molecule has 0 radical (unpaired) electrons. The van der Waals surface area contributed by atoms with Crippen molar-refractivity contribution in [3.8, 4) is 0 Å². The summed E-state index contributed by atoms with van der Waals surface area (Å²) in [5, 5.41) is 2.80. The molecule has 42 heavy (non-hydrogen) atoms. The highest BCUT2D eigenvalue weighted by atomic mass is 35.5. The fourth-order valence-electron chi connectivity index (χ4n) is 5.13. The van der Waals surface area contributed by atoms with E-state index >= 15 is 0 Å². The fourth-order valence-corrected chi connectivity index (χ4v) is 7.00. The predicted octanol–water partition coefficient (Wildman–Crippen LogP) is 7.25. The number of benzene rings is 3. The maximum Gasteiger partial charge on any atom is 0.308 e. The second kappa shape index (κ2) is 14.0. The molecule has 224 valence electrons. The molecule has 1 saturated carbocycles. The van der Waals surface area contributed by atoms with E-state index in [1.165, 1.54) is 10.4 Å². The van der Waals surface area contributed by atoms with Gasteiger partial charge in [-0.15, -0.1) is 0 Å². The van der Waals surface area contributed by atoms with Gasteiger partial charge in [-0.25, -0.2) is 12.8 Å². The van der Waals surface area contributed by atoms with Gasteiger partial charge in [0, 0.05) is 13.1 Å². The molecule has 3 aromatic carbocycles. The summed E-state index contributed by atoms with van der Waals surface area (Å²) in [5.74, 6) is -2.13. The van der Waals surface area contributed by atoms with Gasteiger partial charge in [-0.1, -0.05) is 53.5 Å². The van der Waals surface area contributed by atoms with Crippen LogP contribution in [-0.2, 0) is 26.1 Å². The van der Waals surface area contributed by atoms with E-state index in [0.29, 0.717) is 32.3 Å². The number of sulfonamides is 1. The Bertz CT molecular complexity index is 1560. The van der Waals surface area contributed by atoms with Gasteiger partial charge in [0.2, 0.25) is 10.0 Å². The second-order valence-electron chi connectivity index (χ2n) is 10.4. The first kappa shape index (κ1) is 31.9. The summed E-state index contributed by atoms with van der Waals surface area (Å²) in [6.45, 7) is 4.32. The van der Waals surface area contributed by atoms with Gasteiger partial charge in [0.15, 0.2) is 0 Å². The first-order valence-corrected chi connectivity index (χ1v) is 16.0. The van der Waals surface area contributed by atoms with Crippen LogP contribution in [0.2, 0.25) is 10.0 Å². The highest BCUT2D eigenvalue weighted by molar-refractivity contribution is 7.89. The molecule has 1 N–H and O–H groups in total. The molecule has 0 bridgehead atoms. The van der Waals surface area contributed by atoms with Crippen LogP contribution in [0.25, 0.3) is 0 Å². The molecule has 4 rings (SSSR count). The van der Waals surface area contributed by atoms with Crippen LogP contribution in [-0.4, -0.2) is 37.8 Å². The topological polar surface area (TPSA) is 92.8 Å². The number of anilines is 1. The second-order valence-corrected chi connectivity index (χ2v) is 13.1. The molecule has 7 nitrogen and oxygen atoms in total. The number of carbonyl (C=O) groups is 2. The zero-order valence-electron chi connectivity index (χ0n) is 23.4. The SMILES string of the molecule is CCOC(=O)C1CCC(CN(Cc2ccccc2C)S(=O)(=O)c2ccc(F)c(C(=O)Nc3cccc(Cl)c3Cl)c2)CC1. The van der Waals surface area contributed by atoms with E-state index in [1.54, 1.807) is 19.1 Å². The normalized spacial score (nSPS) is 17.2. The number of halogens is 3. The van der Waals surface area contributed by atoms with E-state index in [0.717, 1.165) is 29.3 Å². The van der Waals surface area contributed by atoms with Gasteiger partial charge < -0.3 is 10.1 Å². The lowest BCUT2D eigenvalue weighted by molar-refractivity contribution is -0.149. The molecular formula is C31H33Cl2FN2O5S. The van der Waals surface area contributed by atoms with E-state index in [9.17, 15) is 22.4 Å². The largest absolute Gasteiger partial charge is 0.466 e. The number of nitrogens with zero attached hydrogens (tertiary/aromatic N) is 1. The molecule has 0 heterocycles. The van der Waals surface area contributed by atoms with Crippen molar-refractivity contribution < 1.29 is 27.1 Å². The van der Waals surface area contributed by atoms with Crippen LogP contribution in [0.5, 0.6) is 0 Å². The van der Waals surface area contributed by atoms with Crippen LogP contribution in [0.15, 0.2) is 65.6 Å². The lowest BCUT2D eigenvalue weighted by atomic mass is 9.82. The quantitative estimate of drug-likeness (QED) is 0.237. The maximum absolute atomic E-state index is 14.9. The molecule has 0 spiro atoms. The van der Waals surface area contributed by atoms with E-state index in [4.69, 9.17) is 27.9 Å². The van der Waals surface area contributed by atoms with Gasteiger partial charge in [0.25, 0.3) is 5.91 Å². The summed E-state index contributed by atoms with van der Waals surface area (Å²) in [7, 11) is -4.17. The van der Waals surface area contributed by atoms with Crippen molar-refractivity contribution in [3.05, 3.63) is 93.2 Å². The molecule has 1 fully saturated rings. The Morgan fingerprint density at radius 2 is 1.74 bits per heavy atom. The lowest BCUT2D eigenvalue weighted by Gasteiger charge is -2.32. The van der Waals surface area contributed by atoms with Gasteiger partial charge in [-0.2, -0.15) is 4.31 Å². The summed E-state index contributed by atoms with van der Waals surface area (Å²) in [6.07, 6.45) is 2.57. The van der Waals surface area contributed by atoms with Crippen LogP contribution in [0, 0.1) is 24.6 Å². The van der Waals surface area contributed by atoms with Gasteiger partial charge >= 0.3 is 5.97 Å². The number of aryl methyl sites for hydroxylation is 1. The number of carbonyl (C=O) groups excluding carboxylic acids is 2. The third-order valence-corrected chi connectivity index (χ3v) is 10.2. The number of esters is 1. The molecule has 0 atom stereocenters.